The fraction of sp³-hybridized carbons (Fsp3) is 0.345. The Balaban J connectivity index is 1.55. The van der Waals surface area contributed by atoms with Crippen molar-refractivity contribution in [3.63, 3.8) is 0 Å². The Bertz CT molecular complexity index is 1540. The van der Waals surface area contributed by atoms with E-state index in [9.17, 15) is 21.6 Å². The lowest BCUT2D eigenvalue weighted by molar-refractivity contribution is -0.117. The molecule has 1 atom stereocenters. The minimum Gasteiger partial charge on any atom is -0.325 e. The molecule has 11 heteroatoms. The molecule has 0 radical (unpaired) electrons. The van der Waals surface area contributed by atoms with Gasteiger partial charge in [-0.2, -0.15) is 9.03 Å². The lowest BCUT2D eigenvalue weighted by Crippen LogP contribution is -2.47. The predicted octanol–water partition coefficient (Wildman–Crippen LogP) is 3.08. The second-order valence-electron chi connectivity index (χ2n) is 10.3. The minimum absolute atomic E-state index is 0.131. The van der Waals surface area contributed by atoms with Crippen LogP contribution in [-0.4, -0.2) is 71.2 Å². The molecule has 0 spiro atoms. The minimum atomic E-state index is -4.04. The average Bonchev–Trinajstić information content (AvgIpc) is 2.88. The monoisotopic (exact) mass is 584 g/mol. The zero-order valence-corrected chi connectivity index (χ0v) is 24.8. The highest BCUT2D eigenvalue weighted by atomic mass is 32.2. The molecule has 1 saturated heterocycles. The molecule has 214 valence electrons. The van der Waals surface area contributed by atoms with Gasteiger partial charge in [0.25, 0.3) is 0 Å². The highest BCUT2D eigenvalue weighted by Gasteiger charge is 2.30. The Labute approximate surface area is 237 Å². The number of amides is 1. The number of hydrogen-bond acceptors (Lipinski definition) is 6. The van der Waals surface area contributed by atoms with Crippen LogP contribution in [0.3, 0.4) is 0 Å². The number of likely N-dealkylation sites (N-methyl/N-ethyl adjacent to an activating group) is 1. The number of hydrogen-bond donors (Lipinski definition) is 2. The highest BCUT2D eigenvalue weighted by Crippen LogP contribution is 2.23. The third-order valence-corrected chi connectivity index (χ3v) is 10.7. The molecule has 1 unspecified atom stereocenters. The zero-order valence-electron chi connectivity index (χ0n) is 23.2. The third-order valence-electron chi connectivity index (χ3n) is 6.99. The molecule has 1 heterocycles. The van der Waals surface area contributed by atoms with Crippen LogP contribution in [0.15, 0.2) is 76.5 Å². The maximum absolute atomic E-state index is 13.5. The molecule has 3 aromatic carbocycles. The topological polar surface area (TPSA) is 116 Å². The summed E-state index contributed by atoms with van der Waals surface area (Å²) in [6.45, 7) is 7.52. The maximum atomic E-state index is 13.5. The molecule has 9 nitrogen and oxygen atoms in total. The van der Waals surface area contributed by atoms with Crippen LogP contribution in [0.5, 0.6) is 0 Å². The maximum Gasteiger partial charge on any atom is 0.243 e. The van der Waals surface area contributed by atoms with Gasteiger partial charge in [0.2, 0.25) is 26.0 Å². The van der Waals surface area contributed by atoms with E-state index in [-0.39, 0.29) is 16.2 Å². The van der Waals surface area contributed by atoms with Crippen LogP contribution in [0.25, 0.3) is 0 Å². The van der Waals surface area contributed by atoms with Gasteiger partial charge < -0.3 is 10.2 Å². The predicted molar refractivity (Wildman–Crippen MR) is 156 cm³/mol. The first-order chi connectivity index (χ1) is 18.9. The highest BCUT2D eigenvalue weighted by molar-refractivity contribution is 7.89. The number of carbonyl (C=O) groups excluding carboxylic acids is 1. The van der Waals surface area contributed by atoms with Gasteiger partial charge in [-0.25, -0.2) is 16.8 Å². The SMILES string of the molecule is Cc1cc(C)c(S(=O)(=O)NC(Cc2ccccc2)C(=O)Nc2ccc(S(=O)(=O)N3CCN(C)CC3)cc2)c(C)c1. The molecule has 0 aliphatic carbocycles. The molecule has 3 aromatic rings. The van der Waals surface area contributed by atoms with Gasteiger partial charge >= 0.3 is 0 Å². The number of nitrogens with one attached hydrogen (secondary N) is 2. The summed E-state index contributed by atoms with van der Waals surface area (Å²) in [6.07, 6.45) is 0.131. The largest absolute Gasteiger partial charge is 0.325 e. The summed E-state index contributed by atoms with van der Waals surface area (Å²) >= 11 is 0. The van der Waals surface area contributed by atoms with Gasteiger partial charge in [-0.05, 0) is 75.2 Å². The van der Waals surface area contributed by atoms with Crippen molar-refractivity contribution in [3.8, 4) is 0 Å². The van der Waals surface area contributed by atoms with Crippen molar-refractivity contribution >= 4 is 31.6 Å². The number of benzene rings is 3. The van der Waals surface area contributed by atoms with E-state index in [0.717, 1.165) is 11.1 Å². The molecular formula is C29H36N4O5S2. The van der Waals surface area contributed by atoms with E-state index in [1.165, 1.54) is 28.6 Å². The summed E-state index contributed by atoms with van der Waals surface area (Å²) in [4.78, 5) is 15.8. The summed E-state index contributed by atoms with van der Waals surface area (Å²) in [6, 6.07) is 17.6. The van der Waals surface area contributed by atoms with Crippen molar-refractivity contribution in [2.75, 3.05) is 38.5 Å². The molecule has 0 aromatic heterocycles. The molecule has 0 bridgehead atoms. The Morgan fingerprint density at radius 3 is 2.00 bits per heavy atom. The normalized spacial score (nSPS) is 16.0. The van der Waals surface area contributed by atoms with Gasteiger partial charge in [-0.3, -0.25) is 4.79 Å². The second-order valence-corrected chi connectivity index (χ2v) is 13.9. The van der Waals surface area contributed by atoms with E-state index in [1.54, 1.807) is 26.0 Å². The molecule has 1 fully saturated rings. The summed E-state index contributed by atoms with van der Waals surface area (Å²) in [5.41, 5.74) is 3.30. The number of aryl methyl sites for hydroxylation is 3. The van der Waals surface area contributed by atoms with Gasteiger partial charge in [0.1, 0.15) is 6.04 Å². The summed E-state index contributed by atoms with van der Waals surface area (Å²) in [7, 11) is -5.73. The van der Waals surface area contributed by atoms with Gasteiger partial charge in [-0.15, -0.1) is 0 Å². The number of nitrogens with zero attached hydrogens (tertiary/aromatic N) is 2. The van der Waals surface area contributed by atoms with E-state index >= 15 is 0 Å². The fourth-order valence-corrected chi connectivity index (χ4v) is 8.06. The second kappa shape index (κ2) is 12.2. The number of rotatable bonds is 9. The Hall–Kier alpha value is -3.09. The molecule has 0 saturated carbocycles. The van der Waals surface area contributed by atoms with Crippen LogP contribution in [0.2, 0.25) is 0 Å². The van der Waals surface area contributed by atoms with Crippen molar-refractivity contribution < 1.29 is 21.6 Å². The van der Waals surface area contributed by atoms with Crippen molar-refractivity contribution in [2.45, 2.75) is 43.0 Å². The molecule has 1 aliphatic heterocycles. The molecule has 40 heavy (non-hydrogen) atoms. The van der Waals surface area contributed by atoms with E-state index in [1.807, 2.05) is 44.3 Å². The van der Waals surface area contributed by atoms with Crippen molar-refractivity contribution in [1.82, 2.24) is 13.9 Å². The van der Waals surface area contributed by atoms with E-state index < -0.39 is 32.0 Å². The van der Waals surface area contributed by atoms with Gasteiger partial charge in [-0.1, -0.05) is 48.0 Å². The lowest BCUT2D eigenvalue weighted by Gasteiger charge is -2.31. The lowest BCUT2D eigenvalue weighted by atomic mass is 10.1. The van der Waals surface area contributed by atoms with Crippen LogP contribution in [-0.2, 0) is 31.3 Å². The quantitative estimate of drug-likeness (QED) is 0.400. The summed E-state index contributed by atoms with van der Waals surface area (Å²) in [5, 5.41) is 2.76. The first-order valence-corrected chi connectivity index (χ1v) is 16.0. The van der Waals surface area contributed by atoms with Crippen molar-refractivity contribution in [3.05, 3.63) is 89.0 Å². The average molecular weight is 585 g/mol. The van der Waals surface area contributed by atoms with Gasteiger partial charge in [0.15, 0.2) is 0 Å². The van der Waals surface area contributed by atoms with E-state index in [2.05, 4.69) is 14.9 Å². The Kier molecular flexibility index (Phi) is 9.11. The van der Waals surface area contributed by atoms with Crippen LogP contribution in [0.1, 0.15) is 22.3 Å². The van der Waals surface area contributed by atoms with Gasteiger partial charge in [0, 0.05) is 31.9 Å². The summed E-state index contributed by atoms with van der Waals surface area (Å²) in [5.74, 6) is -0.551. The molecule has 2 N–H and O–H groups in total. The number of anilines is 1. The summed E-state index contributed by atoms with van der Waals surface area (Å²) < 4.78 is 57.2. The van der Waals surface area contributed by atoms with Crippen molar-refractivity contribution in [1.29, 1.82) is 0 Å². The van der Waals surface area contributed by atoms with E-state index in [0.29, 0.717) is 43.0 Å². The Morgan fingerprint density at radius 1 is 0.850 bits per heavy atom. The van der Waals surface area contributed by atoms with Crippen LogP contribution in [0.4, 0.5) is 5.69 Å². The first-order valence-electron chi connectivity index (χ1n) is 13.1. The smallest absolute Gasteiger partial charge is 0.243 e. The zero-order chi connectivity index (χ0) is 29.1. The first kappa shape index (κ1) is 29.9. The number of sulfonamides is 2. The number of carbonyl (C=O) groups is 1. The van der Waals surface area contributed by atoms with Crippen molar-refractivity contribution in [2.24, 2.45) is 0 Å². The molecule has 1 amide bonds. The number of piperazine rings is 1. The molecule has 4 rings (SSSR count). The van der Waals surface area contributed by atoms with Crippen LogP contribution < -0.4 is 10.0 Å². The molecule has 1 aliphatic rings. The Morgan fingerprint density at radius 2 is 1.43 bits per heavy atom. The van der Waals surface area contributed by atoms with Gasteiger partial charge in [0.05, 0.1) is 9.79 Å². The van der Waals surface area contributed by atoms with E-state index in [4.69, 9.17) is 0 Å². The molecular weight excluding hydrogens is 548 g/mol. The van der Waals surface area contributed by atoms with Crippen LogP contribution >= 0.6 is 0 Å². The standard InChI is InChI=1S/C29H36N4O5S2/c1-21-18-22(2)28(23(3)19-21)39(35,36)31-27(20-24-8-6-5-7-9-24)29(34)30-25-10-12-26(13-11-25)40(37,38)33-16-14-32(4)15-17-33/h5-13,18-19,27,31H,14-17,20H2,1-4H3,(H,30,34). The third kappa shape index (κ3) is 6.97. The van der Waals surface area contributed by atoms with Crippen LogP contribution in [0, 0.1) is 20.8 Å². The fourth-order valence-electron chi connectivity index (χ4n) is 4.99.